The highest BCUT2D eigenvalue weighted by Gasteiger charge is 2.13. The Morgan fingerprint density at radius 1 is 1.08 bits per heavy atom. The number of esters is 1. The largest absolute Gasteiger partial charge is 0.497 e. The summed E-state index contributed by atoms with van der Waals surface area (Å²) in [6, 6.07) is 8.21. The van der Waals surface area contributed by atoms with Gasteiger partial charge in [-0.05, 0) is 18.2 Å². The van der Waals surface area contributed by atoms with E-state index in [2.05, 4.69) is 5.32 Å². The monoisotopic (exact) mass is 367 g/mol. The van der Waals surface area contributed by atoms with Gasteiger partial charge in [-0.2, -0.15) is 0 Å². The number of carbonyl (C=O) groups is 2. The minimum atomic E-state index is -0.791. The van der Waals surface area contributed by atoms with Crippen molar-refractivity contribution in [1.29, 1.82) is 0 Å². The minimum absolute atomic E-state index is 0.0437. The molecule has 0 spiro atoms. The predicted octanol–water partition coefficient (Wildman–Crippen LogP) is 3.29. The molecule has 2 aromatic carbocycles. The van der Waals surface area contributed by atoms with Gasteiger partial charge in [0.05, 0.1) is 24.8 Å². The fourth-order valence-electron chi connectivity index (χ4n) is 1.91. The maximum absolute atomic E-state index is 13.1. The number of anilines is 1. The molecule has 0 aliphatic rings. The summed E-state index contributed by atoms with van der Waals surface area (Å²) in [5.41, 5.74) is 0.462. The first-order valence-electron chi connectivity index (χ1n) is 7.08. The molecule has 2 aromatic rings. The van der Waals surface area contributed by atoms with Gasteiger partial charge in [0.15, 0.2) is 6.61 Å². The Morgan fingerprint density at radius 2 is 1.72 bits per heavy atom. The lowest BCUT2D eigenvalue weighted by Gasteiger charge is -2.10. The smallest absolute Gasteiger partial charge is 0.338 e. The van der Waals surface area contributed by atoms with E-state index in [-0.39, 0.29) is 10.6 Å². The zero-order chi connectivity index (χ0) is 18.4. The van der Waals surface area contributed by atoms with Gasteiger partial charge in [0.2, 0.25) is 0 Å². The minimum Gasteiger partial charge on any atom is -0.497 e. The average molecular weight is 368 g/mol. The Balaban J connectivity index is 1.96. The van der Waals surface area contributed by atoms with E-state index in [1.807, 2.05) is 0 Å². The molecule has 6 nitrogen and oxygen atoms in total. The van der Waals surface area contributed by atoms with E-state index in [0.717, 1.165) is 12.1 Å². The Hall–Kier alpha value is -2.80. The van der Waals surface area contributed by atoms with Crippen LogP contribution in [-0.4, -0.2) is 32.7 Å². The molecule has 132 valence electrons. The van der Waals surface area contributed by atoms with Crippen molar-refractivity contribution >= 4 is 29.2 Å². The van der Waals surface area contributed by atoms with Crippen LogP contribution < -0.4 is 14.8 Å². The zero-order valence-corrected chi connectivity index (χ0v) is 14.2. The molecule has 1 amide bonds. The lowest BCUT2D eigenvalue weighted by atomic mass is 10.2. The van der Waals surface area contributed by atoms with Gasteiger partial charge in [-0.25, -0.2) is 9.18 Å². The molecule has 0 unspecified atom stereocenters. The van der Waals surface area contributed by atoms with Gasteiger partial charge < -0.3 is 19.5 Å². The maximum Gasteiger partial charge on any atom is 0.338 e. The summed E-state index contributed by atoms with van der Waals surface area (Å²) in [6.07, 6.45) is 0. The number of ether oxygens (including phenoxy) is 3. The summed E-state index contributed by atoms with van der Waals surface area (Å²) in [5.74, 6) is -1.01. The number of carbonyl (C=O) groups excluding carboxylic acids is 2. The lowest BCUT2D eigenvalue weighted by molar-refractivity contribution is -0.119. The van der Waals surface area contributed by atoms with Gasteiger partial charge in [-0.3, -0.25) is 4.79 Å². The summed E-state index contributed by atoms with van der Waals surface area (Å²) in [4.78, 5) is 23.8. The predicted molar refractivity (Wildman–Crippen MR) is 89.9 cm³/mol. The molecule has 0 atom stereocenters. The van der Waals surface area contributed by atoms with Crippen LogP contribution >= 0.6 is 11.6 Å². The molecule has 0 aromatic heterocycles. The molecular formula is C17H15ClFNO5. The SMILES string of the molecule is COc1cc(NC(=O)COC(=O)c2ccc(F)c(Cl)c2)cc(OC)c1. The van der Waals surface area contributed by atoms with Gasteiger partial charge >= 0.3 is 5.97 Å². The summed E-state index contributed by atoms with van der Waals surface area (Å²) >= 11 is 5.60. The van der Waals surface area contributed by atoms with Crippen LogP contribution in [0, 0.1) is 5.82 Å². The molecule has 0 aliphatic heterocycles. The zero-order valence-electron chi connectivity index (χ0n) is 13.5. The lowest BCUT2D eigenvalue weighted by Crippen LogP contribution is -2.21. The second-order valence-electron chi connectivity index (χ2n) is 4.85. The Morgan fingerprint density at radius 3 is 2.28 bits per heavy atom. The van der Waals surface area contributed by atoms with E-state index in [9.17, 15) is 14.0 Å². The highest BCUT2D eigenvalue weighted by molar-refractivity contribution is 6.31. The number of nitrogens with one attached hydrogen (secondary N) is 1. The van der Waals surface area contributed by atoms with E-state index in [4.69, 9.17) is 25.8 Å². The molecule has 0 saturated carbocycles. The first-order valence-corrected chi connectivity index (χ1v) is 7.46. The molecule has 0 bridgehead atoms. The maximum atomic E-state index is 13.1. The number of rotatable bonds is 6. The second-order valence-corrected chi connectivity index (χ2v) is 5.26. The van der Waals surface area contributed by atoms with Crippen molar-refractivity contribution in [3.63, 3.8) is 0 Å². The molecule has 8 heteroatoms. The van der Waals surface area contributed by atoms with Crippen molar-refractivity contribution < 1.29 is 28.2 Å². The second kappa shape index (κ2) is 8.34. The summed E-state index contributed by atoms with van der Waals surface area (Å²) in [6.45, 7) is -0.520. The number of methoxy groups -OCH3 is 2. The summed E-state index contributed by atoms with van der Waals surface area (Å²) < 4.78 is 28.1. The van der Waals surface area contributed by atoms with Gasteiger partial charge in [0.25, 0.3) is 5.91 Å². The fourth-order valence-corrected chi connectivity index (χ4v) is 2.09. The third kappa shape index (κ3) is 5.09. The van der Waals surface area contributed by atoms with Crippen molar-refractivity contribution in [3.8, 4) is 11.5 Å². The van der Waals surface area contributed by atoms with Crippen LogP contribution in [0.3, 0.4) is 0 Å². The molecule has 0 heterocycles. The van der Waals surface area contributed by atoms with Gasteiger partial charge in [-0.15, -0.1) is 0 Å². The van der Waals surface area contributed by atoms with Crippen LogP contribution in [-0.2, 0) is 9.53 Å². The van der Waals surface area contributed by atoms with Crippen LogP contribution in [0.4, 0.5) is 10.1 Å². The van der Waals surface area contributed by atoms with Crippen molar-refractivity contribution in [2.75, 3.05) is 26.1 Å². The highest BCUT2D eigenvalue weighted by Crippen LogP contribution is 2.25. The molecule has 0 aliphatic carbocycles. The van der Waals surface area contributed by atoms with Crippen molar-refractivity contribution in [2.45, 2.75) is 0 Å². The Labute approximate surface area is 148 Å². The van der Waals surface area contributed by atoms with Gasteiger partial charge in [-0.1, -0.05) is 11.6 Å². The van der Waals surface area contributed by atoms with Crippen LogP contribution in [0.2, 0.25) is 5.02 Å². The van der Waals surface area contributed by atoms with Crippen LogP contribution in [0.25, 0.3) is 0 Å². The van der Waals surface area contributed by atoms with E-state index in [0.29, 0.717) is 17.2 Å². The Kier molecular flexibility index (Phi) is 6.19. The molecule has 0 fully saturated rings. The van der Waals surface area contributed by atoms with Crippen molar-refractivity contribution in [3.05, 3.63) is 52.8 Å². The standard InChI is InChI=1S/C17H15ClFNO5/c1-23-12-6-11(7-13(8-12)24-2)20-16(21)9-25-17(22)10-3-4-15(19)14(18)5-10/h3-8H,9H2,1-2H3,(H,20,21). The molecule has 1 N–H and O–H groups in total. The average Bonchev–Trinajstić information content (AvgIpc) is 2.61. The van der Waals surface area contributed by atoms with E-state index >= 15 is 0 Å². The molecule has 2 rings (SSSR count). The first kappa shape index (κ1) is 18.5. The number of hydrogen-bond donors (Lipinski definition) is 1. The Bertz CT molecular complexity index is 774. The first-order chi connectivity index (χ1) is 11.9. The molecular weight excluding hydrogens is 353 g/mol. The van der Waals surface area contributed by atoms with Crippen molar-refractivity contribution in [1.82, 2.24) is 0 Å². The van der Waals surface area contributed by atoms with Crippen molar-refractivity contribution in [2.24, 2.45) is 0 Å². The normalized spacial score (nSPS) is 10.1. The third-order valence-corrected chi connectivity index (χ3v) is 3.41. The van der Waals surface area contributed by atoms with E-state index in [1.54, 1.807) is 18.2 Å². The quantitative estimate of drug-likeness (QED) is 0.793. The van der Waals surface area contributed by atoms with Crippen LogP contribution in [0.5, 0.6) is 11.5 Å². The molecule has 0 saturated heterocycles. The number of benzene rings is 2. The fraction of sp³-hybridized carbons (Fsp3) is 0.176. The molecule has 25 heavy (non-hydrogen) atoms. The van der Waals surface area contributed by atoms with Gasteiger partial charge in [0, 0.05) is 23.9 Å². The van der Waals surface area contributed by atoms with E-state index < -0.39 is 24.3 Å². The van der Waals surface area contributed by atoms with E-state index in [1.165, 1.54) is 20.3 Å². The third-order valence-electron chi connectivity index (χ3n) is 3.12. The number of hydrogen-bond acceptors (Lipinski definition) is 5. The highest BCUT2D eigenvalue weighted by atomic mass is 35.5. The number of halogens is 2. The number of amides is 1. The summed E-state index contributed by atoms with van der Waals surface area (Å²) in [5, 5.41) is 2.35. The summed E-state index contributed by atoms with van der Waals surface area (Å²) in [7, 11) is 2.96. The van der Waals surface area contributed by atoms with Gasteiger partial charge in [0.1, 0.15) is 17.3 Å². The topological polar surface area (TPSA) is 73.9 Å². The van der Waals surface area contributed by atoms with Crippen LogP contribution in [0.1, 0.15) is 10.4 Å². The molecule has 0 radical (unpaired) electrons. The van der Waals surface area contributed by atoms with Crippen LogP contribution in [0.15, 0.2) is 36.4 Å².